The zero-order chi connectivity index (χ0) is 16.9. The van der Waals surface area contributed by atoms with E-state index in [2.05, 4.69) is 21.2 Å². The molecule has 3 rings (SSSR count). The van der Waals surface area contributed by atoms with Crippen LogP contribution < -0.4 is 10.1 Å². The van der Waals surface area contributed by atoms with E-state index in [0.717, 1.165) is 15.2 Å². The van der Waals surface area contributed by atoms with Crippen LogP contribution in [0.25, 0.3) is 10.8 Å². The Kier molecular flexibility index (Phi) is 4.78. The van der Waals surface area contributed by atoms with Gasteiger partial charge in [-0.3, -0.25) is 4.79 Å². The summed E-state index contributed by atoms with van der Waals surface area (Å²) in [4.78, 5) is 11.9. The topological polar surface area (TPSA) is 62.1 Å². The summed E-state index contributed by atoms with van der Waals surface area (Å²) in [5.41, 5.74) is 1.18. The first-order chi connectivity index (χ1) is 11.6. The predicted octanol–water partition coefficient (Wildman–Crippen LogP) is 4.49. The Morgan fingerprint density at radius 1 is 1.04 bits per heavy atom. The molecule has 0 bridgehead atoms. The highest BCUT2D eigenvalue weighted by molar-refractivity contribution is 9.10. The maximum atomic E-state index is 11.9. The van der Waals surface area contributed by atoms with Crippen molar-refractivity contribution in [3.63, 3.8) is 0 Å². The van der Waals surface area contributed by atoms with E-state index in [0.29, 0.717) is 17.0 Å². The predicted molar refractivity (Wildman–Crippen MR) is 96.9 cm³/mol. The third kappa shape index (κ3) is 3.92. The number of halogens is 1. The van der Waals surface area contributed by atoms with Crippen LogP contribution in [-0.2, 0) is 4.79 Å². The minimum absolute atomic E-state index is 0.0813. The average Bonchev–Trinajstić information content (AvgIpc) is 2.60. The van der Waals surface area contributed by atoms with E-state index in [-0.39, 0.29) is 12.5 Å². The first kappa shape index (κ1) is 16.0. The number of ether oxygens (including phenoxy) is 1. The molecule has 0 aliphatic carbocycles. The molecular formula is C19H13BrN2O2. The molecule has 4 nitrogen and oxygen atoms in total. The van der Waals surface area contributed by atoms with Gasteiger partial charge < -0.3 is 10.1 Å². The van der Waals surface area contributed by atoms with E-state index in [1.165, 1.54) is 0 Å². The molecular weight excluding hydrogens is 368 g/mol. The number of amides is 1. The Hall–Kier alpha value is -2.84. The third-order valence-electron chi connectivity index (χ3n) is 3.44. The molecule has 0 saturated heterocycles. The summed E-state index contributed by atoms with van der Waals surface area (Å²) < 4.78 is 6.57. The number of rotatable bonds is 4. The van der Waals surface area contributed by atoms with Crippen molar-refractivity contribution < 1.29 is 9.53 Å². The summed E-state index contributed by atoms with van der Waals surface area (Å²) in [6, 6.07) is 20.4. The van der Waals surface area contributed by atoms with Crippen LogP contribution in [0.2, 0.25) is 0 Å². The van der Waals surface area contributed by atoms with E-state index in [1.54, 1.807) is 24.3 Å². The summed E-state index contributed by atoms with van der Waals surface area (Å²) in [6.45, 7) is -0.0813. The van der Waals surface area contributed by atoms with Gasteiger partial charge in [-0.1, -0.05) is 28.1 Å². The first-order valence-electron chi connectivity index (χ1n) is 7.26. The fourth-order valence-electron chi connectivity index (χ4n) is 2.26. The number of nitrogens with one attached hydrogen (secondary N) is 1. The fourth-order valence-corrected chi connectivity index (χ4v) is 2.64. The molecule has 3 aromatic carbocycles. The van der Waals surface area contributed by atoms with Gasteiger partial charge >= 0.3 is 0 Å². The van der Waals surface area contributed by atoms with Crippen LogP contribution >= 0.6 is 15.9 Å². The number of fused-ring (bicyclic) bond motifs is 1. The number of hydrogen-bond acceptors (Lipinski definition) is 3. The van der Waals surface area contributed by atoms with Gasteiger partial charge in [0.25, 0.3) is 5.91 Å². The Balaban J connectivity index is 1.61. The van der Waals surface area contributed by atoms with Gasteiger partial charge in [-0.25, -0.2) is 0 Å². The Bertz CT molecular complexity index is 930. The Labute approximate surface area is 147 Å². The van der Waals surface area contributed by atoms with E-state index >= 15 is 0 Å². The van der Waals surface area contributed by atoms with E-state index < -0.39 is 0 Å². The minimum Gasteiger partial charge on any atom is -0.484 e. The number of nitrogens with zero attached hydrogens (tertiary/aromatic N) is 1. The van der Waals surface area contributed by atoms with E-state index in [9.17, 15) is 4.79 Å². The lowest BCUT2D eigenvalue weighted by atomic mass is 10.1. The molecule has 0 saturated carbocycles. The molecule has 118 valence electrons. The smallest absolute Gasteiger partial charge is 0.262 e. The molecule has 0 unspecified atom stereocenters. The highest BCUT2D eigenvalue weighted by Gasteiger charge is 2.05. The van der Waals surface area contributed by atoms with Gasteiger partial charge in [-0.05, 0) is 59.3 Å². The number of carbonyl (C=O) groups excluding carboxylic acids is 1. The SMILES string of the molecule is N#Cc1ccc(NC(=O)COc2ccc3cc(Br)ccc3c2)cc1. The normalized spacial score (nSPS) is 10.2. The van der Waals surface area contributed by atoms with Gasteiger partial charge in [0.15, 0.2) is 6.61 Å². The van der Waals surface area contributed by atoms with Crippen LogP contribution in [-0.4, -0.2) is 12.5 Å². The van der Waals surface area contributed by atoms with Crippen LogP contribution in [0.3, 0.4) is 0 Å². The second-order valence-electron chi connectivity index (χ2n) is 5.18. The summed E-state index contributed by atoms with van der Waals surface area (Å²) in [5, 5.41) is 13.6. The molecule has 0 spiro atoms. The molecule has 5 heteroatoms. The van der Waals surface area contributed by atoms with Gasteiger partial charge in [0.1, 0.15) is 5.75 Å². The van der Waals surface area contributed by atoms with Crippen molar-refractivity contribution in [1.29, 1.82) is 5.26 Å². The maximum absolute atomic E-state index is 11.9. The second kappa shape index (κ2) is 7.16. The van der Waals surface area contributed by atoms with Crippen LogP contribution in [0.4, 0.5) is 5.69 Å². The summed E-state index contributed by atoms with van der Waals surface area (Å²) in [5.74, 6) is 0.385. The van der Waals surface area contributed by atoms with E-state index in [1.807, 2.05) is 42.5 Å². The van der Waals surface area contributed by atoms with Crippen LogP contribution in [0, 0.1) is 11.3 Å². The lowest BCUT2D eigenvalue weighted by Crippen LogP contribution is -2.20. The average molecular weight is 381 g/mol. The zero-order valence-corrected chi connectivity index (χ0v) is 14.2. The minimum atomic E-state index is -0.254. The van der Waals surface area contributed by atoms with Crippen LogP contribution in [0.15, 0.2) is 65.1 Å². The Morgan fingerprint density at radius 3 is 2.50 bits per heavy atom. The number of carbonyl (C=O) groups is 1. The molecule has 24 heavy (non-hydrogen) atoms. The van der Waals surface area contributed by atoms with Crippen LogP contribution in [0.1, 0.15) is 5.56 Å². The highest BCUT2D eigenvalue weighted by atomic mass is 79.9. The maximum Gasteiger partial charge on any atom is 0.262 e. The van der Waals surface area contributed by atoms with Gasteiger partial charge in [0.2, 0.25) is 0 Å². The van der Waals surface area contributed by atoms with Gasteiger partial charge in [0.05, 0.1) is 11.6 Å². The van der Waals surface area contributed by atoms with Crippen molar-refractivity contribution in [2.24, 2.45) is 0 Å². The fraction of sp³-hybridized carbons (Fsp3) is 0.0526. The number of hydrogen-bond donors (Lipinski definition) is 1. The molecule has 0 radical (unpaired) electrons. The zero-order valence-electron chi connectivity index (χ0n) is 12.6. The molecule has 0 atom stereocenters. The highest BCUT2D eigenvalue weighted by Crippen LogP contribution is 2.24. The number of nitriles is 1. The van der Waals surface area contributed by atoms with Gasteiger partial charge in [-0.2, -0.15) is 5.26 Å². The number of anilines is 1. The monoisotopic (exact) mass is 380 g/mol. The summed E-state index contributed by atoms with van der Waals surface area (Å²) >= 11 is 3.44. The first-order valence-corrected chi connectivity index (χ1v) is 8.05. The Morgan fingerprint density at radius 2 is 1.75 bits per heavy atom. The molecule has 0 fully saturated rings. The third-order valence-corrected chi connectivity index (χ3v) is 3.93. The molecule has 0 aromatic heterocycles. The quantitative estimate of drug-likeness (QED) is 0.724. The summed E-state index contributed by atoms with van der Waals surface area (Å²) in [6.07, 6.45) is 0. The molecule has 1 amide bonds. The largest absolute Gasteiger partial charge is 0.484 e. The lowest BCUT2D eigenvalue weighted by Gasteiger charge is -2.08. The van der Waals surface area contributed by atoms with E-state index in [4.69, 9.17) is 10.00 Å². The molecule has 0 aliphatic rings. The van der Waals surface area contributed by atoms with Crippen molar-refractivity contribution in [2.75, 3.05) is 11.9 Å². The number of benzene rings is 3. The summed E-state index contributed by atoms with van der Waals surface area (Å²) in [7, 11) is 0. The van der Waals surface area contributed by atoms with Crippen molar-refractivity contribution in [3.05, 3.63) is 70.7 Å². The van der Waals surface area contributed by atoms with Gasteiger partial charge in [0, 0.05) is 10.2 Å². The molecule has 0 heterocycles. The molecule has 0 aliphatic heterocycles. The second-order valence-corrected chi connectivity index (χ2v) is 6.09. The van der Waals surface area contributed by atoms with Crippen molar-refractivity contribution in [1.82, 2.24) is 0 Å². The standard InChI is InChI=1S/C19H13BrN2O2/c20-16-5-3-15-10-18(8-4-14(15)9-16)24-12-19(23)22-17-6-1-13(11-21)2-7-17/h1-10H,12H2,(H,22,23). The van der Waals surface area contributed by atoms with Gasteiger partial charge in [-0.15, -0.1) is 0 Å². The van der Waals surface area contributed by atoms with Crippen molar-refractivity contribution in [2.45, 2.75) is 0 Å². The molecule has 1 N–H and O–H groups in total. The molecule has 3 aromatic rings. The van der Waals surface area contributed by atoms with Crippen LogP contribution in [0.5, 0.6) is 5.75 Å². The van der Waals surface area contributed by atoms with Crippen molar-refractivity contribution in [3.8, 4) is 11.8 Å². The lowest BCUT2D eigenvalue weighted by molar-refractivity contribution is -0.118. The van der Waals surface area contributed by atoms with Crippen molar-refractivity contribution >= 4 is 38.3 Å².